The molecule has 0 heterocycles. The van der Waals surface area contributed by atoms with E-state index < -0.39 is 9.05 Å². The summed E-state index contributed by atoms with van der Waals surface area (Å²) in [4.78, 5) is 12.2. The molecule has 0 aromatic heterocycles. The number of halogens is 1. The van der Waals surface area contributed by atoms with Crippen molar-refractivity contribution in [1.82, 2.24) is 5.32 Å². The Labute approximate surface area is 123 Å². The summed E-state index contributed by atoms with van der Waals surface area (Å²) >= 11 is 0. The Morgan fingerprint density at radius 1 is 1.40 bits per heavy atom. The predicted octanol–water partition coefficient (Wildman–Crippen LogP) is 2.70. The number of hydrogen-bond donors (Lipinski definition) is 1. The Kier molecular flexibility index (Phi) is 4.39. The Morgan fingerprint density at radius 3 is 2.60 bits per heavy atom. The van der Waals surface area contributed by atoms with Crippen molar-refractivity contribution in [3.8, 4) is 0 Å². The molecule has 0 bridgehead atoms. The van der Waals surface area contributed by atoms with E-state index in [1.165, 1.54) is 12.1 Å². The molecule has 1 saturated carbocycles. The number of nitrogens with one attached hydrogen (secondary N) is 1. The highest BCUT2D eigenvalue weighted by Crippen LogP contribution is 2.33. The third-order valence-electron chi connectivity index (χ3n) is 3.75. The van der Waals surface area contributed by atoms with Crippen LogP contribution in [0.4, 0.5) is 0 Å². The molecule has 2 unspecified atom stereocenters. The highest BCUT2D eigenvalue weighted by atomic mass is 35.7. The molecule has 0 spiro atoms. The molecule has 1 aromatic carbocycles. The average Bonchev–Trinajstić information content (AvgIpc) is 3.15. The Balaban J connectivity index is 2.26. The van der Waals surface area contributed by atoms with Gasteiger partial charge in [0, 0.05) is 22.3 Å². The summed E-state index contributed by atoms with van der Waals surface area (Å²) in [5, 5.41) is 2.95. The van der Waals surface area contributed by atoms with Crippen molar-refractivity contribution in [3.63, 3.8) is 0 Å². The van der Waals surface area contributed by atoms with Crippen LogP contribution in [0.25, 0.3) is 0 Å². The molecule has 0 saturated heterocycles. The van der Waals surface area contributed by atoms with E-state index in [2.05, 4.69) is 12.2 Å². The minimum absolute atomic E-state index is 0.0376. The fourth-order valence-electron chi connectivity index (χ4n) is 2.35. The van der Waals surface area contributed by atoms with Gasteiger partial charge in [-0.3, -0.25) is 4.79 Å². The Morgan fingerprint density at radius 2 is 2.10 bits per heavy atom. The lowest BCUT2D eigenvalue weighted by Gasteiger charge is -2.10. The Bertz CT molecular complexity index is 627. The molecule has 1 aliphatic rings. The Hall–Kier alpha value is -1.07. The first-order valence-corrected chi connectivity index (χ1v) is 9.06. The highest BCUT2D eigenvalue weighted by molar-refractivity contribution is 8.13. The van der Waals surface area contributed by atoms with Crippen LogP contribution in [-0.2, 0) is 15.5 Å². The van der Waals surface area contributed by atoms with Crippen molar-refractivity contribution in [3.05, 3.63) is 29.3 Å². The molecule has 1 aromatic rings. The van der Waals surface area contributed by atoms with Crippen LogP contribution in [0.3, 0.4) is 0 Å². The van der Waals surface area contributed by atoms with Gasteiger partial charge in [-0.15, -0.1) is 0 Å². The number of rotatable bonds is 5. The number of benzene rings is 1. The van der Waals surface area contributed by atoms with Crippen molar-refractivity contribution in [2.45, 2.75) is 44.0 Å². The van der Waals surface area contributed by atoms with Gasteiger partial charge >= 0.3 is 0 Å². The van der Waals surface area contributed by atoms with Crippen LogP contribution in [0.1, 0.15) is 42.6 Å². The number of hydrogen-bond acceptors (Lipinski definition) is 3. The molecular weight excluding hydrogens is 298 g/mol. The van der Waals surface area contributed by atoms with Crippen LogP contribution in [0.2, 0.25) is 0 Å². The van der Waals surface area contributed by atoms with Crippen molar-refractivity contribution in [1.29, 1.82) is 0 Å². The molecule has 1 amide bonds. The van der Waals surface area contributed by atoms with Gasteiger partial charge in [0.25, 0.3) is 15.0 Å². The minimum Gasteiger partial charge on any atom is -0.349 e. The summed E-state index contributed by atoms with van der Waals surface area (Å²) < 4.78 is 22.7. The zero-order chi connectivity index (χ0) is 14.9. The molecular formula is C14H18ClNO3S. The van der Waals surface area contributed by atoms with Gasteiger partial charge in [-0.2, -0.15) is 0 Å². The van der Waals surface area contributed by atoms with E-state index in [1.54, 1.807) is 6.07 Å². The zero-order valence-electron chi connectivity index (χ0n) is 11.5. The molecule has 0 aliphatic heterocycles. The molecule has 110 valence electrons. The number of carbonyl (C=O) groups excluding carboxylic acids is 1. The molecule has 2 atom stereocenters. The van der Waals surface area contributed by atoms with E-state index in [0.717, 1.165) is 18.4 Å². The van der Waals surface area contributed by atoms with Crippen molar-refractivity contribution >= 4 is 25.6 Å². The molecule has 20 heavy (non-hydrogen) atoms. The number of carbonyl (C=O) groups is 1. The van der Waals surface area contributed by atoms with Gasteiger partial charge in [0.1, 0.15) is 0 Å². The van der Waals surface area contributed by atoms with Gasteiger partial charge < -0.3 is 5.32 Å². The molecule has 1 fully saturated rings. The van der Waals surface area contributed by atoms with E-state index in [1.807, 2.05) is 6.92 Å². The number of aryl methyl sites for hydroxylation is 1. The molecule has 4 nitrogen and oxygen atoms in total. The monoisotopic (exact) mass is 315 g/mol. The van der Waals surface area contributed by atoms with Gasteiger partial charge in [-0.1, -0.05) is 26.3 Å². The van der Waals surface area contributed by atoms with Crippen molar-refractivity contribution in [2.24, 2.45) is 5.92 Å². The zero-order valence-corrected chi connectivity index (χ0v) is 13.1. The second kappa shape index (κ2) is 5.74. The fourth-order valence-corrected chi connectivity index (χ4v) is 3.13. The number of amides is 1. The maximum absolute atomic E-state index is 12.3. The molecule has 1 N–H and O–H groups in total. The van der Waals surface area contributed by atoms with Crippen LogP contribution in [0, 0.1) is 5.92 Å². The SMILES string of the molecule is CCc1ccc(S(=O)(=O)Cl)cc1C(=O)NC1CC1CC. The van der Waals surface area contributed by atoms with Gasteiger partial charge in [-0.05, 0) is 36.5 Å². The standard InChI is InChI=1S/C14H18ClNO3S/c1-3-9-5-6-11(20(15,18)19)8-12(9)14(17)16-13-7-10(13)4-2/h5-6,8,10,13H,3-4,7H2,1-2H3,(H,16,17). The summed E-state index contributed by atoms with van der Waals surface area (Å²) in [6, 6.07) is 4.66. The smallest absolute Gasteiger partial charge is 0.261 e. The third-order valence-corrected chi connectivity index (χ3v) is 5.10. The normalized spacial score (nSPS) is 21.6. The van der Waals surface area contributed by atoms with E-state index >= 15 is 0 Å². The van der Waals surface area contributed by atoms with Crippen LogP contribution >= 0.6 is 10.7 Å². The average molecular weight is 316 g/mol. The summed E-state index contributed by atoms with van der Waals surface area (Å²) in [7, 11) is 1.52. The highest BCUT2D eigenvalue weighted by Gasteiger charge is 2.36. The maximum Gasteiger partial charge on any atom is 0.261 e. The summed E-state index contributed by atoms with van der Waals surface area (Å²) in [5.41, 5.74) is 1.22. The second-order valence-corrected chi connectivity index (χ2v) is 7.66. The molecule has 0 radical (unpaired) electrons. The third kappa shape index (κ3) is 3.33. The lowest BCUT2D eigenvalue weighted by Crippen LogP contribution is -2.27. The van der Waals surface area contributed by atoms with Crippen LogP contribution in [-0.4, -0.2) is 20.4 Å². The summed E-state index contributed by atoms with van der Waals surface area (Å²) in [5.74, 6) is 0.328. The van der Waals surface area contributed by atoms with Crippen molar-refractivity contribution in [2.75, 3.05) is 0 Å². The first-order valence-electron chi connectivity index (χ1n) is 6.75. The van der Waals surface area contributed by atoms with Crippen molar-refractivity contribution < 1.29 is 13.2 Å². The van der Waals surface area contributed by atoms with Gasteiger partial charge in [0.2, 0.25) is 0 Å². The van der Waals surface area contributed by atoms with Gasteiger partial charge in [0.15, 0.2) is 0 Å². The lowest BCUT2D eigenvalue weighted by atomic mass is 10.0. The topological polar surface area (TPSA) is 63.2 Å². The predicted molar refractivity (Wildman–Crippen MR) is 78.5 cm³/mol. The van der Waals surface area contributed by atoms with Crippen LogP contribution < -0.4 is 5.32 Å². The first kappa shape index (κ1) is 15.3. The fraction of sp³-hybridized carbons (Fsp3) is 0.500. The molecule has 6 heteroatoms. The van der Waals surface area contributed by atoms with Gasteiger partial charge in [0.05, 0.1) is 4.90 Å². The minimum atomic E-state index is -3.82. The first-order chi connectivity index (χ1) is 9.36. The van der Waals surface area contributed by atoms with E-state index in [4.69, 9.17) is 10.7 Å². The molecule has 1 aliphatic carbocycles. The summed E-state index contributed by atoms with van der Waals surface area (Å²) in [6.07, 6.45) is 2.70. The van der Waals surface area contributed by atoms with E-state index in [-0.39, 0.29) is 16.8 Å². The maximum atomic E-state index is 12.3. The molecule has 2 rings (SSSR count). The largest absolute Gasteiger partial charge is 0.349 e. The lowest BCUT2D eigenvalue weighted by molar-refractivity contribution is 0.0948. The summed E-state index contributed by atoms with van der Waals surface area (Å²) in [6.45, 7) is 4.02. The quantitative estimate of drug-likeness (QED) is 0.850. The van der Waals surface area contributed by atoms with Crippen LogP contribution in [0.5, 0.6) is 0 Å². The van der Waals surface area contributed by atoms with E-state index in [0.29, 0.717) is 17.9 Å². The second-order valence-electron chi connectivity index (χ2n) is 5.09. The van der Waals surface area contributed by atoms with E-state index in [9.17, 15) is 13.2 Å². The van der Waals surface area contributed by atoms with Gasteiger partial charge in [-0.25, -0.2) is 8.42 Å². The van der Waals surface area contributed by atoms with Crippen LogP contribution in [0.15, 0.2) is 23.1 Å².